The van der Waals surface area contributed by atoms with Crippen molar-refractivity contribution in [2.24, 2.45) is 4.99 Å². The lowest BCUT2D eigenvalue weighted by molar-refractivity contribution is -0.936. The van der Waals surface area contributed by atoms with Crippen LogP contribution in [0.25, 0.3) is 0 Å². The average Bonchev–Trinajstić information content (AvgIpc) is 2.93. The van der Waals surface area contributed by atoms with Crippen molar-refractivity contribution in [1.82, 2.24) is 0 Å². The highest BCUT2D eigenvalue weighted by atomic mass is 16.3. The number of hydrogen-bond donors (Lipinski definition) is 1. The largest absolute Gasteiger partial charge is 0.391 e. The number of aliphatic imine (C=N–C) groups is 1. The van der Waals surface area contributed by atoms with E-state index in [9.17, 15) is 5.11 Å². The third-order valence-corrected chi connectivity index (χ3v) is 5.01. The normalized spacial score (nSPS) is 24.6. The first-order valence-corrected chi connectivity index (χ1v) is 9.42. The van der Waals surface area contributed by atoms with Gasteiger partial charge < -0.3 is 5.11 Å². The molecule has 0 spiro atoms. The maximum Gasteiger partial charge on any atom is 0.183 e. The number of aliphatic hydroxyl groups excluding tert-OH is 1. The van der Waals surface area contributed by atoms with Gasteiger partial charge >= 0.3 is 0 Å². The van der Waals surface area contributed by atoms with Crippen molar-refractivity contribution in [3.8, 4) is 0 Å². The van der Waals surface area contributed by atoms with Crippen molar-refractivity contribution < 1.29 is 9.59 Å². The van der Waals surface area contributed by atoms with Crippen molar-refractivity contribution in [2.45, 2.75) is 77.8 Å². The van der Waals surface area contributed by atoms with Crippen molar-refractivity contribution in [1.29, 1.82) is 0 Å². The first-order valence-electron chi connectivity index (χ1n) is 9.42. The Morgan fingerprint density at radius 3 is 2.55 bits per heavy atom. The molecule has 0 saturated carbocycles. The summed E-state index contributed by atoms with van der Waals surface area (Å²) in [6, 6.07) is 0. The van der Waals surface area contributed by atoms with Crippen molar-refractivity contribution in [3.05, 3.63) is 12.2 Å². The van der Waals surface area contributed by atoms with Gasteiger partial charge in [-0.3, -0.25) is 4.48 Å². The van der Waals surface area contributed by atoms with E-state index in [2.05, 4.69) is 37.2 Å². The summed E-state index contributed by atoms with van der Waals surface area (Å²) in [5, 5.41) is 9.30. The molecule has 0 amide bonds. The van der Waals surface area contributed by atoms with Gasteiger partial charge in [0.05, 0.1) is 19.4 Å². The van der Waals surface area contributed by atoms with E-state index in [1.54, 1.807) is 0 Å². The summed E-state index contributed by atoms with van der Waals surface area (Å²) in [5.74, 6) is 0. The van der Waals surface area contributed by atoms with Crippen LogP contribution in [-0.2, 0) is 0 Å². The summed E-state index contributed by atoms with van der Waals surface area (Å²) in [6.07, 6.45) is 18.8. The van der Waals surface area contributed by atoms with E-state index in [0.717, 1.165) is 37.0 Å². The molecule has 1 rings (SSSR count). The highest BCUT2D eigenvalue weighted by Gasteiger charge is 2.36. The molecule has 22 heavy (non-hydrogen) atoms. The first-order chi connectivity index (χ1) is 10.8. The molecular weight excluding hydrogens is 272 g/mol. The quantitative estimate of drug-likeness (QED) is 0.307. The van der Waals surface area contributed by atoms with Crippen LogP contribution in [0.2, 0.25) is 0 Å². The molecule has 0 radical (unpaired) electrons. The minimum atomic E-state index is 0.265. The van der Waals surface area contributed by atoms with Gasteiger partial charge in [0.1, 0.15) is 13.1 Å². The van der Waals surface area contributed by atoms with Crippen molar-refractivity contribution in [3.63, 3.8) is 0 Å². The van der Waals surface area contributed by atoms with Crippen LogP contribution < -0.4 is 0 Å². The fraction of sp³-hybridized carbons (Fsp3) is 0.842. The monoisotopic (exact) mass is 309 g/mol. The molecule has 0 fully saturated rings. The third kappa shape index (κ3) is 6.62. The van der Waals surface area contributed by atoms with Gasteiger partial charge in [-0.05, 0) is 26.2 Å². The number of quaternary nitrogens is 1. The van der Waals surface area contributed by atoms with Gasteiger partial charge in [0.2, 0.25) is 0 Å². The molecule has 0 aromatic heterocycles. The number of allylic oxidation sites excluding steroid dienone is 2. The maximum atomic E-state index is 9.30. The van der Waals surface area contributed by atoms with E-state index in [1.807, 2.05) is 0 Å². The van der Waals surface area contributed by atoms with Gasteiger partial charge in [-0.1, -0.05) is 51.2 Å². The van der Waals surface area contributed by atoms with Crippen LogP contribution in [0.15, 0.2) is 17.1 Å². The predicted molar refractivity (Wildman–Crippen MR) is 96.3 cm³/mol. The van der Waals surface area contributed by atoms with Crippen LogP contribution >= 0.6 is 0 Å². The topological polar surface area (TPSA) is 32.6 Å². The second-order valence-corrected chi connectivity index (χ2v) is 6.58. The van der Waals surface area contributed by atoms with E-state index in [4.69, 9.17) is 0 Å². The smallest absolute Gasteiger partial charge is 0.183 e. The number of nitrogens with zero attached hydrogens (tertiary/aromatic N) is 2. The molecule has 2 unspecified atom stereocenters. The van der Waals surface area contributed by atoms with Crippen LogP contribution in [0.5, 0.6) is 0 Å². The zero-order chi connectivity index (χ0) is 16.1. The van der Waals surface area contributed by atoms with E-state index < -0.39 is 0 Å². The lowest BCUT2D eigenvalue weighted by Crippen LogP contribution is -2.53. The van der Waals surface area contributed by atoms with Crippen LogP contribution in [-0.4, -0.2) is 48.2 Å². The molecule has 2 atom stereocenters. The van der Waals surface area contributed by atoms with E-state index in [-0.39, 0.29) is 6.61 Å². The highest BCUT2D eigenvalue weighted by molar-refractivity contribution is 5.60. The van der Waals surface area contributed by atoms with Gasteiger partial charge in [-0.2, -0.15) is 0 Å². The lowest BCUT2D eigenvalue weighted by atomic mass is 10.1. The van der Waals surface area contributed by atoms with Gasteiger partial charge in [0, 0.05) is 6.42 Å². The second kappa shape index (κ2) is 11.8. The number of rotatable bonds is 13. The number of unbranched alkanes of at least 4 members (excludes halogenated alkanes) is 6. The summed E-state index contributed by atoms with van der Waals surface area (Å²) in [6.45, 7) is 7.63. The molecule has 1 heterocycles. The lowest BCUT2D eigenvalue weighted by Gasteiger charge is -2.37. The second-order valence-electron chi connectivity index (χ2n) is 6.58. The molecule has 1 aliphatic heterocycles. The van der Waals surface area contributed by atoms with Crippen molar-refractivity contribution >= 4 is 6.21 Å². The summed E-state index contributed by atoms with van der Waals surface area (Å²) >= 11 is 0. The summed E-state index contributed by atoms with van der Waals surface area (Å²) in [5.41, 5.74) is 0. The SMILES string of the molecule is CCCCCCCC/C=C/CCC1N=CC[N+]1(CC)CCO. The number of aliphatic hydroxyl groups is 1. The fourth-order valence-electron chi connectivity index (χ4n) is 3.40. The minimum Gasteiger partial charge on any atom is -0.391 e. The zero-order valence-corrected chi connectivity index (χ0v) is 14.8. The Bertz CT molecular complexity index is 327. The summed E-state index contributed by atoms with van der Waals surface area (Å²) in [7, 11) is 0. The Kier molecular flexibility index (Phi) is 10.4. The highest BCUT2D eigenvalue weighted by Crippen LogP contribution is 2.23. The van der Waals surface area contributed by atoms with Crippen LogP contribution in [0.1, 0.15) is 71.6 Å². The van der Waals surface area contributed by atoms with Gasteiger partial charge in [0.15, 0.2) is 6.17 Å². The Morgan fingerprint density at radius 2 is 1.82 bits per heavy atom. The first kappa shape index (κ1) is 19.4. The molecule has 3 heteroatoms. The summed E-state index contributed by atoms with van der Waals surface area (Å²) < 4.78 is 0.946. The average molecular weight is 310 g/mol. The standard InChI is InChI=1S/C19H37N2O/c1-3-5-6-7-8-9-10-11-12-13-14-19-20-15-16-21(19,4-2)17-18-22/h11-12,15,19,22H,3-10,13-14,16-18H2,1-2H3/q+1/b12-11+. The van der Waals surface area contributed by atoms with E-state index in [0.29, 0.717) is 6.17 Å². The molecule has 1 aliphatic rings. The Morgan fingerprint density at radius 1 is 1.09 bits per heavy atom. The molecule has 3 nitrogen and oxygen atoms in total. The Hall–Kier alpha value is -0.670. The molecule has 0 aromatic carbocycles. The van der Waals surface area contributed by atoms with E-state index >= 15 is 0 Å². The maximum absolute atomic E-state index is 9.30. The third-order valence-electron chi connectivity index (χ3n) is 5.01. The predicted octanol–water partition coefficient (Wildman–Crippen LogP) is 4.31. The van der Waals surface area contributed by atoms with Crippen molar-refractivity contribution in [2.75, 3.05) is 26.2 Å². The minimum absolute atomic E-state index is 0.265. The molecular formula is C19H37N2O+. The van der Waals surface area contributed by atoms with Gasteiger partial charge in [-0.25, -0.2) is 4.99 Å². The molecule has 0 aromatic rings. The molecule has 128 valence electrons. The Labute approximate surface area is 137 Å². The zero-order valence-electron chi connectivity index (χ0n) is 14.8. The van der Waals surface area contributed by atoms with Gasteiger partial charge in [0.25, 0.3) is 0 Å². The molecule has 0 saturated heterocycles. The Balaban J connectivity index is 2.12. The number of likely N-dealkylation sites (N-methyl/N-ethyl adjacent to an activating group) is 1. The number of hydrogen-bond acceptors (Lipinski definition) is 2. The molecule has 0 aliphatic carbocycles. The molecule has 1 N–H and O–H groups in total. The van der Waals surface area contributed by atoms with E-state index in [1.165, 1.54) is 44.9 Å². The molecule has 0 bridgehead atoms. The fourth-order valence-corrected chi connectivity index (χ4v) is 3.40. The van der Waals surface area contributed by atoms with Crippen LogP contribution in [0.3, 0.4) is 0 Å². The van der Waals surface area contributed by atoms with Gasteiger partial charge in [-0.15, -0.1) is 0 Å². The summed E-state index contributed by atoms with van der Waals surface area (Å²) in [4.78, 5) is 4.66. The van der Waals surface area contributed by atoms with Crippen LogP contribution in [0.4, 0.5) is 0 Å². The van der Waals surface area contributed by atoms with Crippen LogP contribution in [0, 0.1) is 0 Å².